The van der Waals surface area contributed by atoms with E-state index in [1.165, 1.54) is 12.1 Å². The summed E-state index contributed by atoms with van der Waals surface area (Å²) in [7, 11) is 0. The Hall–Kier alpha value is -1.95. The minimum atomic E-state index is -0.470. The summed E-state index contributed by atoms with van der Waals surface area (Å²) in [6.45, 7) is 11.3. The molecule has 128 valence electrons. The first-order valence-corrected chi connectivity index (χ1v) is 8.04. The number of nitro benzene ring substituents is 1. The lowest BCUT2D eigenvalue weighted by molar-refractivity contribution is -0.384. The van der Waals surface area contributed by atoms with E-state index in [4.69, 9.17) is 0 Å². The van der Waals surface area contributed by atoms with E-state index in [2.05, 4.69) is 37.9 Å². The van der Waals surface area contributed by atoms with Crippen molar-refractivity contribution in [2.45, 2.75) is 34.1 Å². The van der Waals surface area contributed by atoms with E-state index in [-0.39, 0.29) is 11.6 Å². The average Bonchev–Trinajstić information content (AvgIpc) is 2.44. The number of carbonyl (C=O) groups excluding carboxylic acids is 1. The highest BCUT2D eigenvalue weighted by Crippen LogP contribution is 2.17. The summed E-state index contributed by atoms with van der Waals surface area (Å²) >= 11 is 0. The number of rotatable bonds is 9. The van der Waals surface area contributed by atoms with Crippen molar-refractivity contribution in [1.82, 2.24) is 4.90 Å². The Kier molecular flexibility index (Phi) is 7.68. The van der Waals surface area contributed by atoms with E-state index in [1.807, 2.05) is 0 Å². The summed E-state index contributed by atoms with van der Waals surface area (Å²) < 4.78 is 0. The van der Waals surface area contributed by atoms with Gasteiger partial charge in [0.15, 0.2) is 0 Å². The lowest BCUT2D eigenvalue weighted by Gasteiger charge is -2.25. The van der Waals surface area contributed by atoms with Gasteiger partial charge in [0, 0.05) is 43.9 Å². The molecule has 0 bridgehead atoms. The Bertz CT molecular complexity index is 520. The van der Waals surface area contributed by atoms with Crippen molar-refractivity contribution < 1.29 is 9.72 Å². The fourth-order valence-electron chi connectivity index (χ4n) is 2.47. The smallest absolute Gasteiger partial charge is 0.271 e. The molecule has 0 spiro atoms. The van der Waals surface area contributed by atoms with Crippen molar-refractivity contribution in [2.75, 3.05) is 25.0 Å². The molecule has 1 N–H and O–H groups in total. The summed E-state index contributed by atoms with van der Waals surface area (Å²) in [4.78, 5) is 24.6. The number of carbonyl (C=O) groups is 1. The molecule has 0 atom stereocenters. The van der Waals surface area contributed by atoms with Gasteiger partial charge in [0.1, 0.15) is 0 Å². The summed E-state index contributed by atoms with van der Waals surface area (Å²) in [5.41, 5.74) is 0.438. The molecule has 1 rings (SSSR count). The van der Waals surface area contributed by atoms with E-state index in [1.54, 1.807) is 12.1 Å². The van der Waals surface area contributed by atoms with Crippen LogP contribution in [0.5, 0.6) is 0 Å². The van der Waals surface area contributed by atoms with Crippen molar-refractivity contribution in [1.29, 1.82) is 0 Å². The second-order valence-corrected chi connectivity index (χ2v) is 6.65. The number of hydrogen-bond donors (Lipinski definition) is 1. The number of nitrogens with zero attached hydrogens (tertiary/aromatic N) is 2. The van der Waals surface area contributed by atoms with Gasteiger partial charge in [-0.3, -0.25) is 14.9 Å². The van der Waals surface area contributed by atoms with Crippen LogP contribution in [-0.2, 0) is 4.79 Å². The molecular formula is C17H27N3O3. The molecule has 6 heteroatoms. The predicted molar refractivity (Wildman–Crippen MR) is 92.5 cm³/mol. The molecule has 0 saturated carbocycles. The zero-order chi connectivity index (χ0) is 17.4. The first-order chi connectivity index (χ1) is 10.8. The zero-order valence-corrected chi connectivity index (χ0v) is 14.4. The number of hydrogen-bond acceptors (Lipinski definition) is 4. The van der Waals surface area contributed by atoms with Crippen molar-refractivity contribution in [3.05, 3.63) is 34.4 Å². The molecule has 1 amide bonds. The van der Waals surface area contributed by atoms with Gasteiger partial charge in [-0.05, 0) is 17.9 Å². The molecule has 0 aliphatic rings. The van der Waals surface area contributed by atoms with Crippen LogP contribution in [0.2, 0.25) is 0 Å². The van der Waals surface area contributed by atoms with E-state index < -0.39 is 4.92 Å². The normalized spacial score (nSPS) is 11.3. The number of nitro groups is 1. The van der Waals surface area contributed by atoms with E-state index in [0.29, 0.717) is 30.5 Å². The SMILES string of the molecule is CC(C)CN(CCC(=O)Nc1cccc([N+](=O)[O-])c1)CC(C)C. The van der Waals surface area contributed by atoms with Crippen molar-refractivity contribution >= 4 is 17.3 Å². The molecular weight excluding hydrogens is 294 g/mol. The fourth-order valence-corrected chi connectivity index (χ4v) is 2.47. The quantitative estimate of drug-likeness (QED) is 0.557. The summed E-state index contributed by atoms with van der Waals surface area (Å²) in [5.74, 6) is 0.977. The van der Waals surface area contributed by atoms with Crippen LogP contribution in [0.25, 0.3) is 0 Å². The number of non-ortho nitro benzene ring substituents is 1. The summed E-state index contributed by atoms with van der Waals surface area (Å²) in [6.07, 6.45) is 0.377. The monoisotopic (exact) mass is 321 g/mol. The van der Waals surface area contributed by atoms with E-state index in [9.17, 15) is 14.9 Å². The molecule has 23 heavy (non-hydrogen) atoms. The Morgan fingerprint density at radius 2 is 1.83 bits per heavy atom. The van der Waals surface area contributed by atoms with Crippen LogP contribution >= 0.6 is 0 Å². The number of benzene rings is 1. The third-order valence-corrected chi connectivity index (χ3v) is 3.24. The van der Waals surface area contributed by atoms with E-state index >= 15 is 0 Å². The number of nitrogens with one attached hydrogen (secondary N) is 1. The highest BCUT2D eigenvalue weighted by Gasteiger charge is 2.13. The van der Waals surface area contributed by atoms with Crippen LogP contribution in [0.1, 0.15) is 34.1 Å². The second-order valence-electron chi connectivity index (χ2n) is 6.65. The zero-order valence-electron chi connectivity index (χ0n) is 14.4. The second kappa shape index (κ2) is 9.25. The van der Waals surface area contributed by atoms with E-state index in [0.717, 1.165) is 13.1 Å². The molecule has 0 aliphatic carbocycles. The maximum atomic E-state index is 12.1. The lowest BCUT2D eigenvalue weighted by Crippen LogP contribution is -2.34. The standard InChI is InChI=1S/C17H27N3O3/c1-13(2)11-19(12-14(3)4)9-8-17(21)18-15-6-5-7-16(10-15)20(22)23/h5-7,10,13-14H,8-9,11-12H2,1-4H3,(H,18,21). The molecule has 0 saturated heterocycles. The van der Waals surface area contributed by atoms with Crippen LogP contribution in [0.4, 0.5) is 11.4 Å². The van der Waals surface area contributed by atoms with Gasteiger partial charge in [0.25, 0.3) is 5.69 Å². The van der Waals surface area contributed by atoms with Gasteiger partial charge < -0.3 is 10.2 Å². The third kappa shape index (κ3) is 7.74. The highest BCUT2D eigenvalue weighted by molar-refractivity contribution is 5.91. The minimum Gasteiger partial charge on any atom is -0.326 e. The van der Waals surface area contributed by atoms with Gasteiger partial charge in [-0.15, -0.1) is 0 Å². The van der Waals surface area contributed by atoms with Crippen molar-refractivity contribution in [3.63, 3.8) is 0 Å². The first kappa shape index (κ1) is 19.1. The Balaban J connectivity index is 2.54. The van der Waals surface area contributed by atoms with Gasteiger partial charge in [0.2, 0.25) is 5.91 Å². The maximum absolute atomic E-state index is 12.1. The van der Waals surface area contributed by atoms with Gasteiger partial charge in [-0.1, -0.05) is 33.8 Å². The fraction of sp³-hybridized carbons (Fsp3) is 0.588. The summed E-state index contributed by atoms with van der Waals surface area (Å²) in [6, 6.07) is 6.00. The van der Waals surface area contributed by atoms with Gasteiger partial charge >= 0.3 is 0 Å². The average molecular weight is 321 g/mol. The molecule has 0 aliphatic heterocycles. The van der Waals surface area contributed by atoms with Crippen molar-refractivity contribution in [2.24, 2.45) is 11.8 Å². The topological polar surface area (TPSA) is 75.5 Å². The van der Waals surface area contributed by atoms with Gasteiger partial charge in [0.05, 0.1) is 4.92 Å². The van der Waals surface area contributed by atoms with Gasteiger partial charge in [-0.2, -0.15) is 0 Å². The van der Waals surface area contributed by atoms with Crippen molar-refractivity contribution in [3.8, 4) is 0 Å². The van der Waals surface area contributed by atoms with Crippen LogP contribution < -0.4 is 5.32 Å². The molecule has 6 nitrogen and oxygen atoms in total. The van der Waals surface area contributed by atoms with Crippen LogP contribution in [-0.4, -0.2) is 35.4 Å². The Morgan fingerprint density at radius 1 is 1.22 bits per heavy atom. The molecule has 0 unspecified atom stereocenters. The van der Waals surface area contributed by atoms with Crippen LogP contribution in [0.15, 0.2) is 24.3 Å². The lowest BCUT2D eigenvalue weighted by atomic mass is 10.1. The first-order valence-electron chi connectivity index (χ1n) is 8.04. The van der Waals surface area contributed by atoms with Crippen LogP contribution in [0.3, 0.4) is 0 Å². The number of anilines is 1. The Morgan fingerprint density at radius 3 is 2.35 bits per heavy atom. The maximum Gasteiger partial charge on any atom is 0.271 e. The predicted octanol–water partition coefficient (Wildman–Crippen LogP) is 3.54. The van der Waals surface area contributed by atoms with Gasteiger partial charge in [-0.25, -0.2) is 0 Å². The number of amides is 1. The Labute approximate surface area is 138 Å². The largest absolute Gasteiger partial charge is 0.326 e. The molecule has 1 aromatic rings. The molecule has 0 radical (unpaired) electrons. The molecule has 1 aromatic carbocycles. The summed E-state index contributed by atoms with van der Waals surface area (Å²) in [5, 5.41) is 13.5. The molecule has 0 aromatic heterocycles. The highest BCUT2D eigenvalue weighted by atomic mass is 16.6. The molecule has 0 heterocycles. The minimum absolute atomic E-state index is 0.0240. The molecule has 0 fully saturated rings. The van der Waals surface area contributed by atoms with Crippen LogP contribution in [0, 0.1) is 22.0 Å². The third-order valence-electron chi connectivity index (χ3n) is 3.24.